The molecule has 0 spiro atoms. The lowest BCUT2D eigenvalue weighted by Gasteiger charge is -2.34. The molecule has 2 aromatic heterocycles. The fraction of sp³-hybridized carbons (Fsp3) is 0.522. The van der Waals surface area contributed by atoms with Gasteiger partial charge in [-0.25, -0.2) is 0 Å². The molecule has 33 heavy (non-hydrogen) atoms. The van der Waals surface area contributed by atoms with Crippen LogP contribution in [0.4, 0.5) is 19.1 Å². The highest BCUT2D eigenvalue weighted by atomic mass is 19.4. The Morgan fingerprint density at radius 3 is 2.67 bits per heavy atom. The van der Waals surface area contributed by atoms with Gasteiger partial charge >= 0.3 is 6.18 Å². The summed E-state index contributed by atoms with van der Waals surface area (Å²) in [4.78, 5) is 23.8. The first-order valence-corrected chi connectivity index (χ1v) is 11.4. The highest BCUT2D eigenvalue weighted by Gasteiger charge is 2.32. The first-order chi connectivity index (χ1) is 15.8. The van der Waals surface area contributed by atoms with Crippen LogP contribution in [0.15, 0.2) is 30.5 Å². The van der Waals surface area contributed by atoms with Gasteiger partial charge in [-0.3, -0.25) is 14.8 Å². The van der Waals surface area contributed by atoms with Crippen molar-refractivity contribution < 1.29 is 18.0 Å². The van der Waals surface area contributed by atoms with E-state index in [1.54, 1.807) is 0 Å². The van der Waals surface area contributed by atoms with E-state index in [1.807, 2.05) is 29.3 Å². The smallest absolute Gasteiger partial charge is 0.361 e. The molecule has 0 aliphatic carbocycles. The van der Waals surface area contributed by atoms with Crippen LogP contribution in [0.1, 0.15) is 42.4 Å². The SMILES string of the molecule is CCCC(CC(=O)c1nc(N2CCN(CC(F)(F)F)CC2)n[nH]1)Cc1c[nH]c2ccccc12. The summed E-state index contributed by atoms with van der Waals surface area (Å²) in [7, 11) is 0. The van der Waals surface area contributed by atoms with Gasteiger partial charge in [0.2, 0.25) is 5.95 Å². The summed E-state index contributed by atoms with van der Waals surface area (Å²) in [6.45, 7) is 2.54. The summed E-state index contributed by atoms with van der Waals surface area (Å²) in [5.74, 6) is 0.667. The van der Waals surface area contributed by atoms with Gasteiger partial charge in [-0.1, -0.05) is 31.5 Å². The molecule has 1 aromatic carbocycles. The van der Waals surface area contributed by atoms with Gasteiger partial charge < -0.3 is 9.88 Å². The number of rotatable bonds is 9. The molecular formula is C23H29F3N6O. The van der Waals surface area contributed by atoms with Crippen LogP contribution in [-0.4, -0.2) is 69.7 Å². The highest BCUT2D eigenvalue weighted by molar-refractivity contribution is 5.93. The predicted molar refractivity (Wildman–Crippen MR) is 120 cm³/mol. The predicted octanol–water partition coefficient (Wildman–Crippen LogP) is 4.20. The average Bonchev–Trinajstić information content (AvgIpc) is 3.41. The number of nitrogens with one attached hydrogen (secondary N) is 2. The number of nitrogens with zero attached hydrogens (tertiary/aromatic N) is 4. The summed E-state index contributed by atoms with van der Waals surface area (Å²) < 4.78 is 37.7. The van der Waals surface area contributed by atoms with Crippen molar-refractivity contribution >= 4 is 22.6 Å². The second-order valence-corrected chi connectivity index (χ2v) is 8.71. The van der Waals surface area contributed by atoms with Crippen molar-refractivity contribution in [2.24, 2.45) is 5.92 Å². The highest BCUT2D eigenvalue weighted by Crippen LogP contribution is 2.25. The molecule has 3 heterocycles. The van der Waals surface area contributed by atoms with Crippen LogP contribution in [0.2, 0.25) is 0 Å². The van der Waals surface area contributed by atoms with Crippen LogP contribution in [-0.2, 0) is 6.42 Å². The molecule has 0 saturated carbocycles. The van der Waals surface area contributed by atoms with Crippen LogP contribution in [0, 0.1) is 5.92 Å². The number of carbonyl (C=O) groups is 1. The zero-order valence-corrected chi connectivity index (χ0v) is 18.7. The van der Waals surface area contributed by atoms with Crippen LogP contribution in [0.25, 0.3) is 10.9 Å². The molecule has 1 aliphatic heterocycles. The molecule has 178 valence electrons. The normalized spacial score (nSPS) is 16.4. The first-order valence-electron chi connectivity index (χ1n) is 11.4. The Morgan fingerprint density at radius 2 is 1.94 bits per heavy atom. The number of piperazine rings is 1. The molecule has 1 saturated heterocycles. The Kier molecular flexibility index (Phi) is 7.02. The minimum Gasteiger partial charge on any atom is -0.361 e. The number of Topliss-reactive ketones (excluding diaryl/α,β-unsaturated/α-hetero) is 1. The molecule has 0 radical (unpaired) electrons. The van der Waals surface area contributed by atoms with E-state index in [-0.39, 0.29) is 30.6 Å². The molecule has 4 rings (SSSR count). The topological polar surface area (TPSA) is 80.9 Å². The summed E-state index contributed by atoms with van der Waals surface area (Å²) in [5.41, 5.74) is 2.29. The Hall–Kier alpha value is -2.88. The van der Waals surface area contributed by atoms with Crippen molar-refractivity contribution in [3.05, 3.63) is 41.9 Å². The van der Waals surface area contributed by atoms with Gasteiger partial charge in [0.15, 0.2) is 11.6 Å². The third-order valence-corrected chi connectivity index (χ3v) is 6.15. The summed E-state index contributed by atoms with van der Waals surface area (Å²) in [6.07, 6.45) is 0.876. The number of aromatic amines is 2. The maximum Gasteiger partial charge on any atom is 0.401 e. The standard InChI is InChI=1S/C23H29F3N6O/c1-2-5-16(12-17-14-27-19-7-4-3-6-18(17)19)13-20(33)21-28-22(30-29-21)32-10-8-31(9-11-32)15-23(24,25)26/h3-4,6-7,14,16,27H,2,5,8-13,15H2,1H3,(H,28,29,30). The van der Waals surface area contributed by atoms with E-state index in [1.165, 1.54) is 15.8 Å². The van der Waals surface area contributed by atoms with Gasteiger partial charge in [-0.15, -0.1) is 5.10 Å². The quantitative estimate of drug-likeness (QED) is 0.466. The number of H-pyrrole nitrogens is 2. The lowest BCUT2D eigenvalue weighted by atomic mass is 9.90. The van der Waals surface area contributed by atoms with Crippen molar-refractivity contribution in [3.63, 3.8) is 0 Å². The second-order valence-electron chi connectivity index (χ2n) is 8.71. The van der Waals surface area contributed by atoms with Gasteiger partial charge in [0.1, 0.15) is 0 Å². The molecule has 10 heteroatoms. The van der Waals surface area contributed by atoms with Crippen molar-refractivity contribution in [2.45, 2.75) is 38.8 Å². The number of anilines is 1. The maximum absolute atomic E-state index is 12.9. The molecule has 7 nitrogen and oxygen atoms in total. The minimum atomic E-state index is -4.20. The van der Waals surface area contributed by atoms with E-state index in [0.29, 0.717) is 25.5 Å². The summed E-state index contributed by atoms with van der Waals surface area (Å²) >= 11 is 0. The molecule has 2 N–H and O–H groups in total. The molecule has 0 bridgehead atoms. The van der Waals surface area contributed by atoms with E-state index in [4.69, 9.17) is 0 Å². The molecule has 1 aliphatic rings. The molecule has 3 aromatic rings. The number of aromatic nitrogens is 4. The second kappa shape index (κ2) is 9.94. The number of para-hydroxylation sites is 1. The average molecular weight is 463 g/mol. The van der Waals surface area contributed by atoms with Crippen LogP contribution in [0.3, 0.4) is 0 Å². The van der Waals surface area contributed by atoms with E-state index < -0.39 is 12.7 Å². The summed E-state index contributed by atoms with van der Waals surface area (Å²) in [5, 5.41) is 8.07. The Labute approximate surface area is 190 Å². The van der Waals surface area contributed by atoms with Crippen molar-refractivity contribution in [3.8, 4) is 0 Å². The number of fused-ring (bicyclic) bond motifs is 1. The number of benzene rings is 1. The van der Waals surface area contributed by atoms with Crippen molar-refractivity contribution in [2.75, 3.05) is 37.6 Å². The van der Waals surface area contributed by atoms with Gasteiger partial charge in [-0.05, 0) is 30.4 Å². The van der Waals surface area contributed by atoms with E-state index in [2.05, 4.69) is 33.2 Å². The lowest BCUT2D eigenvalue weighted by Crippen LogP contribution is -2.49. The third-order valence-electron chi connectivity index (χ3n) is 6.15. The minimum absolute atomic E-state index is 0.0947. The monoisotopic (exact) mass is 462 g/mol. The van der Waals surface area contributed by atoms with Crippen LogP contribution in [0.5, 0.6) is 0 Å². The van der Waals surface area contributed by atoms with E-state index in [9.17, 15) is 18.0 Å². The first kappa shape index (κ1) is 23.3. The number of halogens is 3. The third kappa shape index (κ3) is 5.93. The molecule has 0 amide bonds. The van der Waals surface area contributed by atoms with Gasteiger partial charge in [0.05, 0.1) is 6.54 Å². The Morgan fingerprint density at radius 1 is 1.18 bits per heavy atom. The van der Waals surface area contributed by atoms with Crippen LogP contribution >= 0.6 is 0 Å². The Bertz CT molecular complexity index is 1070. The number of hydrogen-bond acceptors (Lipinski definition) is 5. The van der Waals surface area contributed by atoms with Gasteiger partial charge in [0.25, 0.3) is 0 Å². The number of ketones is 1. The maximum atomic E-state index is 12.9. The fourth-order valence-corrected chi connectivity index (χ4v) is 4.53. The number of hydrogen-bond donors (Lipinski definition) is 2. The van der Waals surface area contributed by atoms with Gasteiger partial charge in [-0.2, -0.15) is 18.2 Å². The van der Waals surface area contributed by atoms with Crippen molar-refractivity contribution in [1.29, 1.82) is 0 Å². The molecular weight excluding hydrogens is 433 g/mol. The van der Waals surface area contributed by atoms with Crippen molar-refractivity contribution in [1.82, 2.24) is 25.1 Å². The summed E-state index contributed by atoms with van der Waals surface area (Å²) in [6, 6.07) is 8.13. The molecule has 1 atom stereocenters. The lowest BCUT2D eigenvalue weighted by molar-refractivity contribution is -0.146. The Balaban J connectivity index is 1.36. The van der Waals surface area contributed by atoms with Gasteiger partial charge in [0, 0.05) is 49.7 Å². The van der Waals surface area contributed by atoms with Crippen LogP contribution < -0.4 is 4.90 Å². The molecule has 1 fully saturated rings. The zero-order chi connectivity index (χ0) is 23.4. The largest absolute Gasteiger partial charge is 0.401 e. The number of carbonyl (C=O) groups excluding carboxylic acids is 1. The fourth-order valence-electron chi connectivity index (χ4n) is 4.53. The zero-order valence-electron chi connectivity index (χ0n) is 18.7. The van der Waals surface area contributed by atoms with E-state index in [0.717, 1.165) is 24.8 Å². The molecule has 1 unspecified atom stereocenters. The number of alkyl halides is 3. The van der Waals surface area contributed by atoms with E-state index >= 15 is 0 Å².